The van der Waals surface area contributed by atoms with E-state index in [0.717, 1.165) is 10.6 Å². The third-order valence-electron chi connectivity index (χ3n) is 5.33. The molecule has 0 fully saturated rings. The van der Waals surface area contributed by atoms with Crippen molar-refractivity contribution < 1.29 is 18.0 Å². The second-order valence-electron chi connectivity index (χ2n) is 7.97. The van der Waals surface area contributed by atoms with Gasteiger partial charge in [0.1, 0.15) is 12.6 Å². The fourth-order valence-electron chi connectivity index (χ4n) is 3.15. The van der Waals surface area contributed by atoms with E-state index in [9.17, 15) is 18.0 Å². The molecule has 0 bridgehead atoms. The number of anilines is 1. The SMILES string of the molecule is CC[C@@H](C)NC(=O)[C@@H](C)N(Cc1c(Cl)cccc1Cl)C(=O)CN(c1cccc(Cl)c1)S(C)(=O)=O. The molecule has 11 heteroatoms. The van der Waals surface area contributed by atoms with Crippen LogP contribution in [0.15, 0.2) is 42.5 Å². The molecule has 0 saturated heterocycles. The van der Waals surface area contributed by atoms with Crippen LogP contribution in [0.1, 0.15) is 32.8 Å². The van der Waals surface area contributed by atoms with E-state index in [4.69, 9.17) is 34.8 Å². The van der Waals surface area contributed by atoms with Crippen LogP contribution in [0, 0.1) is 0 Å². The number of carbonyl (C=O) groups is 2. The number of nitrogens with zero attached hydrogens (tertiary/aromatic N) is 2. The van der Waals surface area contributed by atoms with Gasteiger partial charge in [-0.15, -0.1) is 0 Å². The van der Waals surface area contributed by atoms with E-state index in [-0.39, 0.29) is 24.2 Å². The third kappa shape index (κ3) is 7.50. The summed E-state index contributed by atoms with van der Waals surface area (Å²) in [4.78, 5) is 27.7. The van der Waals surface area contributed by atoms with Crippen LogP contribution in [0.4, 0.5) is 5.69 Å². The Morgan fingerprint density at radius 3 is 2.15 bits per heavy atom. The lowest BCUT2D eigenvalue weighted by Gasteiger charge is -2.32. The summed E-state index contributed by atoms with van der Waals surface area (Å²) in [7, 11) is -3.85. The Balaban J connectivity index is 2.45. The minimum Gasteiger partial charge on any atom is -0.352 e. The van der Waals surface area contributed by atoms with Crippen molar-refractivity contribution in [2.75, 3.05) is 17.1 Å². The van der Waals surface area contributed by atoms with Gasteiger partial charge < -0.3 is 10.2 Å². The summed E-state index contributed by atoms with van der Waals surface area (Å²) in [5, 5.41) is 3.83. The molecule has 7 nitrogen and oxygen atoms in total. The number of halogens is 3. The van der Waals surface area contributed by atoms with Gasteiger partial charge in [-0.1, -0.05) is 53.9 Å². The summed E-state index contributed by atoms with van der Waals surface area (Å²) in [6.45, 7) is 4.73. The van der Waals surface area contributed by atoms with E-state index in [1.165, 1.54) is 17.0 Å². The molecule has 34 heavy (non-hydrogen) atoms. The predicted octanol–water partition coefficient (Wildman–Crippen LogP) is 4.74. The van der Waals surface area contributed by atoms with Gasteiger partial charge in [-0.05, 0) is 50.6 Å². The van der Waals surface area contributed by atoms with Crippen LogP contribution < -0.4 is 9.62 Å². The molecule has 0 aliphatic carbocycles. The van der Waals surface area contributed by atoms with Gasteiger partial charge in [0.15, 0.2) is 0 Å². The van der Waals surface area contributed by atoms with Gasteiger partial charge in [-0.25, -0.2) is 8.42 Å². The lowest BCUT2D eigenvalue weighted by atomic mass is 10.1. The van der Waals surface area contributed by atoms with Crippen LogP contribution in [-0.2, 0) is 26.2 Å². The maximum Gasteiger partial charge on any atom is 0.244 e. The van der Waals surface area contributed by atoms with E-state index in [2.05, 4.69) is 5.32 Å². The minimum absolute atomic E-state index is 0.0837. The molecule has 0 saturated carbocycles. The number of rotatable bonds is 10. The summed E-state index contributed by atoms with van der Waals surface area (Å²) in [5.41, 5.74) is 0.687. The Kier molecular flexibility index (Phi) is 10.1. The van der Waals surface area contributed by atoms with Crippen molar-refractivity contribution >= 4 is 62.3 Å². The minimum atomic E-state index is -3.85. The third-order valence-corrected chi connectivity index (χ3v) is 7.42. The first-order valence-corrected chi connectivity index (χ1v) is 13.6. The summed E-state index contributed by atoms with van der Waals surface area (Å²) in [5.74, 6) is -0.979. The van der Waals surface area contributed by atoms with Crippen molar-refractivity contribution in [2.24, 2.45) is 0 Å². The van der Waals surface area contributed by atoms with Gasteiger partial charge >= 0.3 is 0 Å². The van der Waals surface area contributed by atoms with Crippen molar-refractivity contribution in [3.8, 4) is 0 Å². The van der Waals surface area contributed by atoms with Gasteiger partial charge in [0, 0.05) is 33.2 Å². The Bertz CT molecular complexity index is 1120. The van der Waals surface area contributed by atoms with Crippen molar-refractivity contribution in [1.82, 2.24) is 10.2 Å². The maximum absolute atomic E-state index is 13.5. The fraction of sp³-hybridized carbons (Fsp3) is 0.391. The highest BCUT2D eigenvalue weighted by Crippen LogP contribution is 2.27. The smallest absolute Gasteiger partial charge is 0.244 e. The number of amides is 2. The van der Waals surface area contributed by atoms with Crippen LogP contribution in [0.2, 0.25) is 15.1 Å². The quantitative estimate of drug-likeness (QED) is 0.464. The van der Waals surface area contributed by atoms with Crippen LogP contribution >= 0.6 is 34.8 Å². The highest BCUT2D eigenvalue weighted by Gasteiger charge is 2.31. The summed E-state index contributed by atoms with van der Waals surface area (Å²) in [6, 6.07) is 10.1. The van der Waals surface area contributed by atoms with Crippen molar-refractivity contribution in [1.29, 1.82) is 0 Å². The summed E-state index contributed by atoms with van der Waals surface area (Å²) >= 11 is 18.7. The van der Waals surface area contributed by atoms with Crippen LogP contribution in [0.3, 0.4) is 0 Å². The van der Waals surface area contributed by atoms with E-state index in [1.54, 1.807) is 37.3 Å². The molecule has 0 unspecified atom stereocenters. The van der Waals surface area contributed by atoms with Gasteiger partial charge in [0.05, 0.1) is 11.9 Å². The molecule has 1 N–H and O–H groups in total. The zero-order valence-electron chi connectivity index (χ0n) is 19.4. The zero-order valence-corrected chi connectivity index (χ0v) is 22.5. The van der Waals surface area contributed by atoms with E-state index < -0.39 is 28.5 Å². The molecule has 2 rings (SSSR count). The Morgan fingerprint density at radius 2 is 1.62 bits per heavy atom. The average molecular weight is 549 g/mol. The second-order valence-corrected chi connectivity index (χ2v) is 11.1. The standard InChI is InChI=1S/C23H28Cl3N3O4S/c1-5-15(2)27-23(31)16(3)28(13-19-20(25)10-7-11-21(19)26)22(30)14-29(34(4,32)33)18-9-6-8-17(24)12-18/h6-12,15-16H,5,13-14H2,1-4H3,(H,27,31)/t15-,16-/m1/s1. The van der Waals surface area contributed by atoms with E-state index >= 15 is 0 Å². The van der Waals surface area contributed by atoms with Crippen LogP contribution in [-0.4, -0.2) is 50.0 Å². The predicted molar refractivity (Wildman–Crippen MR) is 138 cm³/mol. The van der Waals surface area contributed by atoms with E-state index in [0.29, 0.717) is 27.1 Å². The Hall–Kier alpha value is -2.00. The number of sulfonamides is 1. The molecule has 2 aromatic carbocycles. The molecule has 186 valence electrons. The number of benzene rings is 2. The normalized spacial score (nSPS) is 13.1. The number of hydrogen-bond donors (Lipinski definition) is 1. The number of hydrogen-bond acceptors (Lipinski definition) is 4. The van der Waals surface area contributed by atoms with Crippen molar-refractivity contribution in [3.63, 3.8) is 0 Å². The molecule has 0 heterocycles. The summed E-state index contributed by atoms with van der Waals surface area (Å²) < 4.78 is 26.0. The molecule has 2 aromatic rings. The second kappa shape index (κ2) is 12.1. The lowest BCUT2D eigenvalue weighted by molar-refractivity contribution is -0.139. The van der Waals surface area contributed by atoms with Crippen molar-refractivity contribution in [3.05, 3.63) is 63.1 Å². The molecular weight excluding hydrogens is 521 g/mol. The van der Waals surface area contributed by atoms with Gasteiger partial charge in [0.2, 0.25) is 21.8 Å². The van der Waals surface area contributed by atoms with Crippen molar-refractivity contribution in [2.45, 2.75) is 45.8 Å². The summed E-state index contributed by atoms with van der Waals surface area (Å²) in [6.07, 6.45) is 1.70. The topological polar surface area (TPSA) is 86.8 Å². The van der Waals surface area contributed by atoms with Gasteiger partial charge in [-0.2, -0.15) is 0 Å². The largest absolute Gasteiger partial charge is 0.352 e. The number of nitrogens with one attached hydrogen (secondary N) is 1. The van der Waals surface area contributed by atoms with Gasteiger partial charge in [-0.3, -0.25) is 13.9 Å². The Labute approximate surface area is 216 Å². The molecule has 0 spiro atoms. The fourth-order valence-corrected chi connectivity index (χ4v) is 4.69. The average Bonchev–Trinajstić information content (AvgIpc) is 2.75. The first-order valence-electron chi connectivity index (χ1n) is 10.6. The maximum atomic E-state index is 13.5. The zero-order chi connectivity index (χ0) is 25.6. The molecule has 2 atom stereocenters. The molecule has 0 aliphatic rings. The first-order chi connectivity index (χ1) is 15.8. The molecular formula is C23H28Cl3N3O4S. The van der Waals surface area contributed by atoms with Crippen LogP contribution in [0.25, 0.3) is 0 Å². The Morgan fingerprint density at radius 1 is 1.03 bits per heavy atom. The molecule has 0 aliphatic heterocycles. The van der Waals surface area contributed by atoms with Gasteiger partial charge in [0.25, 0.3) is 0 Å². The molecule has 0 aromatic heterocycles. The number of carbonyl (C=O) groups excluding carboxylic acids is 2. The first kappa shape index (κ1) is 28.2. The highest BCUT2D eigenvalue weighted by atomic mass is 35.5. The monoisotopic (exact) mass is 547 g/mol. The molecule has 0 radical (unpaired) electrons. The van der Waals surface area contributed by atoms with Crippen LogP contribution in [0.5, 0.6) is 0 Å². The highest BCUT2D eigenvalue weighted by molar-refractivity contribution is 7.92. The lowest BCUT2D eigenvalue weighted by Crippen LogP contribution is -2.52. The van der Waals surface area contributed by atoms with E-state index in [1.807, 2.05) is 13.8 Å². The molecule has 2 amide bonds.